The Kier molecular flexibility index (Phi) is 4.93. The third-order valence-corrected chi connectivity index (χ3v) is 3.45. The molecule has 1 unspecified atom stereocenters. The summed E-state index contributed by atoms with van der Waals surface area (Å²) in [4.78, 5) is 14.3. The predicted molar refractivity (Wildman–Crippen MR) is 69.6 cm³/mol. The number of carbonyl (C=O) groups excluding carboxylic acids is 1. The number of nitrogens with zero attached hydrogens (tertiary/aromatic N) is 2. The monoisotopic (exact) mass is 267 g/mol. The average molecular weight is 267 g/mol. The maximum atomic E-state index is 12.4. The van der Waals surface area contributed by atoms with Crippen molar-refractivity contribution in [2.24, 2.45) is 5.73 Å². The van der Waals surface area contributed by atoms with Crippen LogP contribution in [0.1, 0.15) is 41.9 Å². The zero-order chi connectivity index (χ0) is 13.7. The van der Waals surface area contributed by atoms with Gasteiger partial charge in [0, 0.05) is 25.8 Å². The maximum absolute atomic E-state index is 12.4. The zero-order valence-corrected chi connectivity index (χ0v) is 11.3. The standard InChI is InChI=1S/C13H21N3O3/c1-18-9-11-8-12(15-19-11)13(17)16-7-3-2-4-10(16)5-6-14/h8,10H,2-7,9,14H2,1H3. The molecule has 1 atom stereocenters. The molecule has 0 spiro atoms. The van der Waals surface area contributed by atoms with E-state index in [2.05, 4.69) is 5.16 Å². The lowest BCUT2D eigenvalue weighted by molar-refractivity contribution is 0.0594. The molecule has 0 aromatic carbocycles. The van der Waals surface area contributed by atoms with Crippen LogP contribution in [0.2, 0.25) is 0 Å². The molecule has 1 aromatic rings. The van der Waals surface area contributed by atoms with Crippen LogP contribution < -0.4 is 5.73 Å². The fourth-order valence-electron chi connectivity index (χ4n) is 2.53. The molecule has 2 heterocycles. The van der Waals surface area contributed by atoms with Crippen molar-refractivity contribution in [3.05, 3.63) is 17.5 Å². The van der Waals surface area contributed by atoms with Crippen LogP contribution in [0.5, 0.6) is 0 Å². The summed E-state index contributed by atoms with van der Waals surface area (Å²) in [5, 5.41) is 3.83. The van der Waals surface area contributed by atoms with Crippen molar-refractivity contribution in [1.29, 1.82) is 0 Å². The normalized spacial score (nSPS) is 19.7. The molecule has 2 N–H and O–H groups in total. The molecule has 1 saturated heterocycles. The second-order valence-electron chi connectivity index (χ2n) is 4.84. The molecule has 1 aliphatic heterocycles. The molecule has 2 rings (SSSR count). The van der Waals surface area contributed by atoms with Crippen LogP contribution >= 0.6 is 0 Å². The molecule has 0 radical (unpaired) electrons. The van der Waals surface area contributed by atoms with Crippen molar-refractivity contribution < 1.29 is 14.1 Å². The van der Waals surface area contributed by atoms with E-state index in [4.69, 9.17) is 15.0 Å². The number of amides is 1. The van der Waals surface area contributed by atoms with Crippen LogP contribution in [-0.4, -0.2) is 42.2 Å². The fourth-order valence-corrected chi connectivity index (χ4v) is 2.53. The number of hydrogen-bond donors (Lipinski definition) is 1. The minimum Gasteiger partial charge on any atom is -0.377 e. The van der Waals surface area contributed by atoms with Gasteiger partial charge in [0.25, 0.3) is 5.91 Å². The van der Waals surface area contributed by atoms with Crippen LogP contribution in [0.15, 0.2) is 10.6 Å². The van der Waals surface area contributed by atoms with Crippen molar-refractivity contribution in [2.75, 3.05) is 20.2 Å². The van der Waals surface area contributed by atoms with E-state index in [-0.39, 0.29) is 11.9 Å². The quantitative estimate of drug-likeness (QED) is 0.865. The first-order chi connectivity index (χ1) is 9.26. The largest absolute Gasteiger partial charge is 0.377 e. The summed E-state index contributed by atoms with van der Waals surface area (Å²) in [7, 11) is 1.58. The number of rotatable bonds is 5. The van der Waals surface area contributed by atoms with E-state index >= 15 is 0 Å². The van der Waals surface area contributed by atoms with Gasteiger partial charge >= 0.3 is 0 Å². The lowest BCUT2D eigenvalue weighted by Gasteiger charge is -2.35. The van der Waals surface area contributed by atoms with E-state index in [0.717, 1.165) is 32.2 Å². The summed E-state index contributed by atoms with van der Waals surface area (Å²) in [6.07, 6.45) is 4.05. The predicted octanol–water partition coefficient (Wildman–Crippen LogP) is 1.16. The van der Waals surface area contributed by atoms with E-state index in [1.54, 1.807) is 13.2 Å². The highest BCUT2D eigenvalue weighted by atomic mass is 16.5. The number of ether oxygens (including phenoxy) is 1. The molecule has 6 heteroatoms. The summed E-state index contributed by atoms with van der Waals surface area (Å²) in [5.74, 6) is 0.502. The van der Waals surface area contributed by atoms with Gasteiger partial charge in [0.15, 0.2) is 11.5 Å². The number of methoxy groups -OCH3 is 1. The molecule has 0 aliphatic carbocycles. The summed E-state index contributed by atoms with van der Waals surface area (Å²) in [5.41, 5.74) is 5.97. The Morgan fingerprint density at radius 2 is 2.47 bits per heavy atom. The lowest BCUT2D eigenvalue weighted by Crippen LogP contribution is -2.44. The first-order valence-corrected chi connectivity index (χ1v) is 6.72. The van der Waals surface area contributed by atoms with Crippen molar-refractivity contribution >= 4 is 5.91 Å². The third-order valence-electron chi connectivity index (χ3n) is 3.45. The summed E-state index contributed by atoms with van der Waals surface area (Å²) >= 11 is 0. The zero-order valence-electron chi connectivity index (χ0n) is 11.3. The molecule has 1 aromatic heterocycles. The average Bonchev–Trinajstić information content (AvgIpc) is 2.88. The summed E-state index contributed by atoms with van der Waals surface area (Å²) < 4.78 is 10.0. The van der Waals surface area contributed by atoms with Gasteiger partial charge in [0.2, 0.25) is 0 Å². The molecule has 1 amide bonds. The van der Waals surface area contributed by atoms with Gasteiger partial charge in [-0.25, -0.2) is 0 Å². The second-order valence-corrected chi connectivity index (χ2v) is 4.84. The summed E-state index contributed by atoms with van der Waals surface area (Å²) in [6, 6.07) is 1.88. The fraction of sp³-hybridized carbons (Fsp3) is 0.692. The van der Waals surface area contributed by atoms with Crippen LogP contribution in [0.3, 0.4) is 0 Å². The smallest absolute Gasteiger partial charge is 0.276 e. The maximum Gasteiger partial charge on any atom is 0.276 e. The topological polar surface area (TPSA) is 81.6 Å². The number of likely N-dealkylation sites (tertiary alicyclic amines) is 1. The van der Waals surface area contributed by atoms with Crippen molar-refractivity contribution in [3.8, 4) is 0 Å². The number of hydrogen-bond acceptors (Lipinski definition) is 5. The van der Waals surface area contributed by atoms with Crippen LogP contribution in [0.25, 0.3) is 0 Å². The van der Waals surface area contributed by atoms with E-state index in [1.807, 2.05) is 4.90 Å². The van der Waals surface area contributed by atoms with Gasteiger partial charge < -0.3 is 19.9 Å². The van der Waals surface area contributed by atoms with Gasteiger partial charge in [-0.2, -0.15) is 0 Å². The van der Waals surface area contributed by atoms with Crippen molar-refractivity contribution in [2.45, 2.75) is 38.3 Å². The SMILES string of the molecule is COCc1cc(C(=O)N2CCCCC2CCN)no1. The van der Waals surface area contributed by atoms with Crippen molar-refractivity contribution in [1.82, 2.24) is 10.1 Å². The Balaban J connectivity index is 2.07. The number of nitrogens with two attached hydrogens (primary N) is 1. The van der Waals surface area contributed by atoms with E-state index < -0.39 is 0 Å². The number of carbonyl (C=O) groups is 1. The Hall–Kier alpha value is -1.40. The Morgan fingerprint density at radius 1 is 1.63 bits per heavy atom. The molecular formula is C13H21N3O3. The van der Waals surface area contributed by atoms with Gasteiger partial charge in [-0.1, -0.05) is 5.16 Å². The van der Waals surface area contributed by atoms with E-state index in [1.165, 1.54) is 0 Å². The first kappa shape index (κ1) is 14.0. The highest BCUT2D eigenvalue weighted by molar-refractivity contribution is 5.92. The van der Waals surface area contributed by atoms with Gasteiger partial charge in [-0.15, -0.1) is 0 Å². The molecular weight excluding hydrogens is 246 g/mol. The molecule has 1 aliphatic rings. The van der Waals surface area contributed by atoms with Gasteiger partial charge in [-0.3, -0.25) is 4.79 Å². The van der Waals surface area contributed by atoms with E-state index in [0.29, 0.717) is 24.6 Å². The molecule has 0 saturated carbocycles. The highest BCUT2D eigenvalue weighted by Gasteiger charge is 2.28. The van der Waals surface area contributed by atoms with Gasteiger partial charge in [0.05, 0.1) is 0 Å². The summed E-state index contributed by atoms with van der Waals surface area (Å²) in [6.45, 7) is 1.70. The lowest BCUT2D eigenvalue weighted by atomic mass is 9.99. The molecule has 1 fully saturated rings. The van der Waals surface area contributed by atoms with Gasteiger partial charge in [0.1, 0.15) is 6.61 Å². The van der Waals surface area contributed by atoms with Gasteiger partial charge in [-0.05, 0) is 32.2 Å². The molecule has 0 bridgehead atoms. The Labute approximate surface area is 112 Å². The highest BCUT2D eigenvalue weighted by Crippen LogP contribution is 2.21. The van der Waals surface area contributed by atoms with Crippen LogP contribution in [0.4, 0.5) is 0 Å². The van der Waals surface area contributed by atoms with E-state index in [9.17, 15) is 4.79 Å². The molecule has 19 heavy (non-hydrogen) atoms. The molecule has 6 nitrogen and oxygen atoms in total. The van der Waals surface area contributed by atoms with Crippen LogP contribution in [-0.2, 0) is 11.3 Å². The third kappa shape index (κ3) is 3.33. The molecule has 106 valence electrons. The number of piperidine rings is 1. The number of aromatic nitrogens is 1. The van der Waals surface area contributed by atoms with Crippen molar-refractivity contribution in [3.63, 3.8) is 0 Å². The Morgan fingerprint density at radius 3 is 3.21 bits per heavy atom. The first-order valence-electron chi connectivity index (χ1n) is 6.72. The Bertz CT molecular complexity index is 417. The minimum absolute atomic E-state index is 0.0655. The second kappa shape index (κ2) is 6.68. The van der Waals surface area contributed by atoms with Crippen LogP contribution in [0, 0.1) is 0 Å². The minimum atomic E-state index is -0.0655.